The summed E-state index contributed by atoms with van der Waals surface area (Å²) in [5.74, 6) is -0.464. The van der Waals surface area contributed by atoms with Gasteiger partial charge in [-0.15, -0.1) is 0 Å². The van der Waals surface area contributed by atoms with Gasteiger partial charge in [-0.1, -0.05) is 13.0 Å². The van der Waals surface area contributed by atoms with Crippen LogP contribution in [0.25, 0.3) is 0 Å². The summed E-state index contributed by atoms with van der Waals surface area (Å²) in [5, 5.41) is 16.7. The lowest BCUT2D eigenvalue weighted by Crippen LogP contribution is -2.46. The van der Waals surface area contributed by atoms with Gasteiger partial charge in [0.2, 0.25) is 0 Å². The van der Waals surface area contributed by atoms with Gasteiger partial charge < -0.3 is 20.1 Å². The van der Waals surface area contributed by atoms with Crippen molar-refractivity contribution in [2.45, 2.75) is 46.3 Å². The Balaban J connectivity index is 2.55. The summed E-state index contributed by atoms with van der Waals surface area (Å²) in [4.78, 5) is 35.5. The van der Waals surface area contributed by atoms with Crippen molar-refractivity contribution in [1.29, 1.82) is 0 Å². The second-order valence-electron chi connectivity index (χ2n) is 6.15. The first-order chi connectivity index (χ1) is 12.8. The number of rotatable bonds is 7. The minimum absolute atomic E-state index is 0.123. The van der Waals surface area contributed by atoms with E-state index >= 15 is 0 Å². The molecule has 0 aromatic heterocycles. The molecule has 0 saturated carbocycles. The zero-order chi connectivity index (χ0) is 20.1. The minimum Gasteiger partial charge on any atom is -0.487 e. The SMILES string of the molecule is CCOc1ccc(C2NC(=O)NC(CC)=C2C(=O)OC(C)C)cc1[N+](=O)[O-]. The average molecular weight is 377 g/mol. The Hall–Kier alpha value is -3.10. The van der Waals surface area contributed by atoms with Crippen molar-refractivity contribution in [3.05, 3.63) is 45.1 Å². The fourth-order valence-corrected chi connectivity index (χ4v) is 2.80. The number of carbonyl (C=O) groups excluding carboxylic acids is 2. The van der Waals surface area contributed by atoms with Crippen molar-refractivity contribution in [1.82, 2.24) is 10.6 Å². The summed E-state index contributed by atoms with van der Waals surface area (Å²) < 4.78 is 10.6. The molecule has 0 radical (unpaired) electrons. The molecule has 1 aliphatic rings. The Morgan fingerprint density at radius 3 is 2.59 bits per heavy atom. The molecule has 1 aliphatic heterocycles. The van der Waals surface area contributed by atoms with Gasteiger partial charge in [-0.05, 0) is 38.8 Å². The molecule has 2 N–H and O–H groups in total. The highest BCUT2D eigenvalue weighted by Crippen LogP contribution is 2.35. The first-order valence-electron chi connectivity index (χ1n) is 8.71. The Bertz CT molecular complexity index is 787. The molecule has 1 atom stereocenters. The highest BCUT2D eigenvalue weighted by atomic mass is 16.6. The summed E-state index contributed by atoms with van der Waals surface area (Å²) >= 11 is 0. The number of urea groups is 1. The van der Waals surface area contributed by atoms with Crippen LogP contribution in [0.2, 0.25) is 0 Å². The lowest BCUT2D eigenvalue weighted by atomic mass is 9.94. The minimum atomic E-state index is -0.866. The van der Waals surface area contributed by atoms with Crippen LogP contribution in [0.4, 0.5) is 10.5 Å². The van der Waals surface area contributed by atoms with Crippen molar-refractivity contribution in [3.8, 4) is 5.75 Å². The average Bonchev–Trinajstić information content (AvgIpc) is 2.60. The largest absolute Gasteiger partial charge is 0.487 e. The molecule has 2 amide bonds. The molecule has 1 unspecified atom stereocenters. The molecule has 2 rings (SSSR count). The fourth-order valence-electron chi connectivity index (χ4n) is 2.80. The van der Waals surface area contributed by atoms with Gasteiger partial charge in [0.15, 0.2) is 5.75 Å². The van der Waals surface area contributed by atoms with E-state index in [4.69, 9.17) is 9.47 Å². The lowest BCUT2D eigenvalue weighted by Gasteiger charge is -2.29. The summed E-state index contributed by atoms with van der Waals surface area (Å²) in [5.41, 5.74) is 0.800. The van der Waals surface area contributed by atoms with Gasteiger partial charge in [-0.2, -0.15) is 0 Å². The van der Waals surface area contributed by atoms with Crippen molar-refractivity contribution >= 4 is 17.7 Å². The summed E-state index contributed by atoms with van der Waals surface area (Å²) in [6.07, 6.45) is 0.0435. The van der Waals surface area contributed by atoms with Gasteiger partial charge in [-0.25, -0.2) is 9.59 Å². The second kappa shape index (κ2) is 8.52. The van der Waals surface area contributed by atoms with Gasteiger partial charge in [0.1, 0.15) is 0 Å². The summed E-state index contributed by atoms with van der Waals surface area (Å²) in [6.45, 7) is 7.23. The van der Waals surface area contributed by atoms with Crippen LogP contribution in [-0.4, -0.2) is 29.6 Å². The zero-order valence-corrected chi connectivity index (χ0v) is 15.7. The first kappa shape index (κ1) is 20.2. The standard InChI is InChI=1S/C18H23N3O6/c1-5-12-15(17(22)27-10(3)4)16(20-18(23)19-12)11-7-8-14(26-6-2)13(9-11)21(24)25/h7-10,16H,5-6H2,1-4H3,(H2,19,20,23). The van der Waals surface area contributed by atoms with Crippen molar-refractivity contribution in [2.75, 3.05) is 6.61 Å². The van der Waals surface area contributed by atoms with Gasteiger partial charge in [0, 0.05) is 11.8 Å². The maximum absolute atomic E-state index is 12.6. The normalized spacial score (nSPS) is 16.6. The summed E-state index contributed by atoms with van der Waals surface area (Å²) in [7, 11) is 0. The van der Waals surface area contributed by atoms with Crippen molar-refractivity contribution < 1.29 is 24.0 Å². The third kappa shape index (κ3) is 4.55. The fraction of sp³-hybridized carbons (Fsp3) is 0.444. The molecule has 9 heteroatoms. The Morgan fingerprint density at radius 1 is 1.33 bits per heavy atom. The highest BCUT2D eigenvalue weighted by molar-refractivity contribution is 5.95. The van der Waals surface area contributed by atoms with Crippen LogP contribution in [0.3, 0.4) is 0 Å². The highest BCUT2D eigenvalue weighted by Gasteiger charge is 2.34. The maximum Gasteiger partial charge on any atom is 0.338 e. The molecule has 0 spiro atoms. The number of nitro groups is 1. The summed E-state index contributed by atoms with van der Waals surface area (Å²) in [6, 6.07) is 2.99. The lowest BCUT2D eigenvalue weighted by molar-refractivity contribution is -0.385. The zero-order valence-electron chi connectivity index (χ0n) is 15.7. The van der Waals surface area contributed by atoms with Crippen LogP contribution in [0.1, 0.15) is 45.7 Å². The van der Waals surface area contributed by atoms with Crippen molar-refractivity contribution in [2.24, 2.45) is 0 Å². The number of esters is 1. The Kier molecular flexibility index (Phi) is 6.38. The van der Waals surface area contributed by atoms with Crippen LogP contribution in [0.15, 0.2) is 29.5 Å². The van der Waals surface area contributed by atoms with Gasteiger partial charge >= 0.3 is 17.7 Å². The number of allylic oxidation sites excluding steroid dienone is 1. The number of nitro benzene ring substituents is 1. The molecule has 0 fully saturated rings. The number of ether oxygens (including phenoxy) is 2. The molecule has 146 valence electrons. The van der Waals surface area contributed by atoms with Gasteiger partial charge in [0.05, 0.1) is 29.2 Å². The first-order valence-corrected chi connectivity index (χ1v) is 8.71. The molecule has 1 aromatic carbocycles. The number of amides is 2. The number of nitrogens with one attached hydrogen (secondary N) is 2. The molecule has 0 saturated heterocycles. The Labute approximate surface area is 156 Å². The molecule has 9 nitrogen and oxygen atoms in total. The van der Waals surface area contributed by atoms with E-state index in [1.54, 1.807) is 33.8 Å². The topological polar surface area (TPSA) is 120 Å². The quantitative estimate of drug-likeness (QED) is 0.428. The molecular weight excluding hydrogens is 354 g/mol. The number of hydrogen-bond donors (Lipinski definition) is 2. The van der Waals surface area contributed by atoms with Crippen LogP contribution in [0, 0.1) is 10.1 Å². The third-order valence-corrected chi connectivity index (χ3v) is 3.88. The number of benzene rings is 1. The van der Waals surface area contributed by atoms with E-state index in [-0.39, 0.29) is 29.7 Å². The molecule has 27 heavy (non-hydrogen) atoms. The van der Waals surface area contributed by atoms with Crippen molar-refractivity contribution in [3.63, 3.8) is 0 Å². The number of carbonyl (C=O) groups is 2. The van der Waals surface area contributed by atoms with E-state index in [0.717, 1.165) is 0 Å². The molecular formula is C18H23N3O6. The molecule has 1 aromatic rings. The second-order valence-corrected chi connectivity index (χ2v) is 6.15. The van der Waals surface area contributed by atoms with E-state index in [9.17, 15) is 19.7 Å². The maximum atomic E-state index is 12.6. The third-order valence-electron chi connectivity index (χ3n) is 3.88. The van der Waals surface area contributed by atoms with E-state index < -0.39 is 23.0 Å². The Morgan fingerprint density at radius 2 is 2.04 bits per heavy atom. The van der Waals surface area contributed by atoms with Crippen LogP contribution in [-0.2, 0) is 9.53 Å². The molecule has 1 heterocycles. The van der Waals surface area contributed by atoms with Crippen LogP contribution >= 0.6 is 0 Å². The van der Waals surface area contributed by atoms with E-state index in [1.165, 1.54) is 12.1 Å². The number of nitrogens with zero attached hydrogens (tertiary/aromatic N) is 1. The van der Waals surface area contributed by atoms with Crippen LogP contribution in [0.5, 0.6) is 5.75 Å². The number of hydrogen-bond acceptors (Lipinski definition) is 6. The van der Waals surface area contributed by atoms with Gasteiger partial charge in [0.25, 0.3) is 0 Å². The van der Waals surface area contributed by atoms with Crippen LogP contribution < -0.4 is 15.4 Å². The van der Waals surface area contributed by atoms with Gasteiger partial charge in [-0.3, -0.25) is 10.1 Å². The molecule has 0 aliphatic carbocycles. The van der Waals surface area contributed by atoms with E-state index in [0.29, 0.717) is 17.7 Å². The van der Waals surface area contributed by atoms with E-state index in [2.05, 4.69) is 10.6 Å². The predicted octanol–water partition coefficient (Wildman–Crippen LogP) is 2.96. The molecule has 0 bridgehead atoms. The smallest absolute Gasteiger partial charge is 0.338 e. The van der Waals surface area contributed by atoms with E-state index in [1.807, 2.05) is 0 Å². The predicted molar refractivity (Wildman–Crippen MR) is 97.2 cm³/mol. The monoisotopic (exact) mass is 377 g/mol.